The summed E-state index contributed by atoms with van der Waals surface area (Å²) in [7, 11) is -2.08. The molecule has 0 bridgehead atoms. The number of carboxylic acid groups (broad SMARTS) is 1. The number of nitrogens with zero attached hydrogens (tertiary/aromatic N) is 1. The molecule has 1 heterocycles. The van der Waals surface area contributed by atoms with Gasteiger partial charge >= 0.3 is 5.97 Å². The van der Waals surface area contributed by atoms with Crippen molar-refractivity contribution in [3.63, 3.8) is 0 Å². The van der Waals surface area contributed by atoms with Crippen LogP contribution in [0, 0.1) is 0 Å². The summed E-state index contributed by atoms with van der Waals surface area (Å²) in [5, 5.41) is 19.2. The molecule has 0 spiro atoms. The second-order valence-electron chi connectivity index (χ2n) is 5.98. The third-order valence-electron chi connectivity index (χ3n) is 4.09. The molecule has 7 nitrogen and oxygen atoms in total. The van der Waals surface area contributed by atoms with Gasteiger partial charge in [0, 0.05) is 42.8 Å². The van der Waals surface area contributed by atoms with E-state index in [1.165, 1.54) is 18.2 Å². The molecule has 0 radical (unpaired) electrons. The lowest BCUT2D eigenvalue weighted by Gasteiger charge is -2.13. The number of nitrogens with one attached hydrogen (secondary N) is 1. The molecule has 0 aliphatic carbocycles. The number of aliphatic carboxylic acids is 1. The number of rotatable bonds is 9. The highest BCUT2D eigenvalue weighted by Gasteiger charge is 2.19. The van der Waals surface area contributed by atoms with E-state index >= 15 is 0 Å². The molecule has 10 heteroatoms. The summed E-state index contributed by atoms with van der Waals surface area (Å²) >= 11 is 11.8. The van der Waals surface area contributed by atoms with Gasteiger partial charge in [-0.15, -0.1) is 0 Å². The van der Waals surface area contributed by atoms with Crippen molar-refractivity contribution in [3.8, 4) is 0 Å². The second kappa shape index (κ2) is 9.07. The normalized spacial score (nSPS) is 12.9. The zero-order valence-electron chi connectivity index (χ0n) is 14.5. The molecule has 2 rings (SSSR count). The van der Waals surface area contributed by atoms with Crippen molar-refractivity contribution in [2.24, 2.45) is 7.05 Å². The van der Waals surface area contributed by atoms with Crippen LogP contribution in [0.25, 0.3) is 0 Å². The highest BCUT2D eigenvalue weighted by atomic mass is 35.5. The zero-order valence-corrected chi connectivity index (χ0v) is 16.9. The number of sulfonamides is 1. The highest BCUT2D eigenvalue weighted by Crippen LogP contribution is 2.25. The van der Waals surface area contributed by atoms with E-state index in [2.05, 4.69) is 4.72 Å². The molecule has 0 saturated carbocycles. The number of carboxylic acids is 1. The standard InChI is InChI=1S/C17H20Cl2N2O5S/c1-21-12(3-5-14(21)15(22)6-7-17(23)24)8-9-20-27(25,26)16-10-11(18)2-4-13(16)19/h2-5,10,15,20,22H,6-9H2,1H3,(H,23,24). The Hall–Kier alpha value is -1.58. The minimum atomic E-state index is -3.81. The maximum atomic E-state index is 12.4. The third-order valence-corrected chi connectivity index (χ3v) is 6.27. The van der Waals surface area contributed by atoms with Crippen LogP contribution in [0.2, 0.25) is 10.0 Å². The van der Waals surface area contributed by atoms with Crippen LogP contribution in [-0.2, 0) is 28.3 Å². The fourth-order valence-corrected chi connectivity index (χ4v) is 4.43. The van der Waals surface area contributed by atoms with Gasteiger partial charge in [-0.3, -0.25) is 4.79 Å². The molecule has 2 aromatic rings. The van der Waals surface area contributed by atoms with Crippen LogP contribution in [0.5, 0.6) is 0 Å². The fraction of sp³-hybridized carbons (Fsp3) is 0.353. The Morgan fingerprint density at radius 3 is 2.63 bits per heavy atom. The van der Waals surface area contributed by atoms with E-state index in [-0.39, 0.29) is 34.3 Å². The molecule has 1 atom stereocenters. The molecule has 0 aliphatic heterocycles. The number of hydrogen-bond donors (Lipinski definition) is 3. The molecule has 148 valence electrons. The SMILES string of the molecule is Cn1c(CCNS(=O)(=O)c2cc(Cl)ccc2Cl)ccc1C(O)CCC(=O)O. The number of aliphatic hydroxyl groups excluding tert-OH is 1. The van der Waals surface area contributed by atoms with E-state index in [0.717, 1.165) is 5.69 Å². The van der Waals surface area contributed by atoms with Crippen LogP contribution in [-0.4, -0.2) is 35.7 Å². The van der Waals surface area contributed by atoms with Crippen LogP contribution in [0.3, 0.4) is 0 Å². The summed E-state index contributed by atoms with van der Waals surface area (Å²) in [5.41, 5.74) is 1.37. The highest BCUT2D eigenvalue weighted by molar-refractivity contribution is 7.89. The predicted octanol–water partition coefficient (Wildman–Crippen LogP) is 2.75. The molecule has 0 aliphatic rings. The summed E-state index contributed by atoms with van der Waals surface area (Å²) in [5.74, 6) is -0.974. The van der Waals surface area contributed by atoms with Gasteiger partial charge in [-0.25, -0.2) is 13.1 Å². The lowest BCUT2D eigenvalue weighted by atomic mass is 10.1. The number of aliphatic hydroxyl groups is 1. The smallest absolute Gasteiger partial charge is 0.303 e. The molecule has 1 aromatic carbocycles. The molecule has 3 N–H and O–H groups in total. The summed E-state index contributed by atoms with van der Waals surface area (Å²) in [6.07, 6.45) is -0.560. The Morgan fingerprint density at radius 2 is 1.96 bits per heavy atom. The van der Waals surface area contributed by atoms with Gasteiger partial charge in [0.2, 0.25) is 10.0 Å². The van der Waals surface area contributed by atoms with Crippen LogP contribution >= 0.6 is 23.2 Å². The van der Waals surface area contributed by atoms with Crippen LogP contribution < -0.4 is 4.72 Å². The van der Waals surface area contributed by atoms with Crippen molar-refractivity contribution < 1.29 is 23.4 Å². The van der Waals surface area contributed by atoms with Crippen molar-refractivity contribution in [1.82, 2.24) is 9.29 Å². The molecule has 0 amide bonds. The lowest BCUT2D eigenvalue weighted by molar-refractivity contribution is -0.137. The monoisotopic (exact) mass is 434 g/mol. The van der Waals surface area contributed by atoms with Gasteiger partial charge in [-0.2, -0.15) is 0 Å². The average molecular weight is 435 g/mol. The maximum Gasteiger partial charge on any atom is 0.303 e. The van der Waals surface area contributed by atoms with Crippen molar-refractivity contribution in [1.29, 1.82) is 0 Å². The number of hydrogen-bond acceptors (Lipinski definition) is 4. The number of benzene rings is 1. The van der Waals surface area contributed by atoms with Crippen molar-refractivity contribution in [3.05, 3.63) is 51.8 Å². The Kier molecular flexibility index (Phi) is 7.30. The summed E-state index contributed by atoms with van der Waals surface area (Å²) in [6.45, 7) is 0.119. The van der Waals surface area contributed by atoms with Crippen LogP contribution in [0.15, 0.2) is 35.2 Å². The second-order valence-corrected chi connectivity index (χ2v) is 8.56. The first kappa shape index (κ1) is 21.7. The average Bonchev–Trinajstić information content (AvgIpc) is 2.95. The lowest BCUT2D eigenvalue weighted by Crippen LogP contribution is -2.26. The summed E-state index contributed by atoms with van der Waals surface area (Å²) in [4.78, 5) is 10.5. The molecule has 1 unspecified atom stereocenters. The molecular formula is C17H20Cl2N2O5S. The van der Waals surface area contributed by atoms with Crippen molar-refractivity contribution >= 4 is 39.2 Å². The van der Waals surface area contributed by atoms with Gasteiger partial charge in [0.25, 0.3) is 0 Å². The molecule has 0 fully saturated rings. The van der Waals surface area contributed by atoms with E-state index in [9.17, 15) is 18.3 Å². The zero-order chi connectivity index (χ0) is 20.2. The first-order chi connectivity index (χ1) is 12.6. The number of carbonyl (C=O) groups is 1. The summed E-state index contributed by atoms with van der Waals surface area (Å²) in [6, 6.07) is 7.67. The van der Waals surface area contributed by atoms with Crippen molar-refractivity contribution in [2.45, 2.75) is 30.3 Å². The van der Waals surface area contributed by atoms with Crippen LogP contribution in [0.1, 0.15) is 30.3 Å². The topological polar surface area (TPSA) is 109 Å². The number of aromatic nitrogens is 1. The Bertz CT molecular complexity index is 927. The molecule has 0 saturated heterocycles. The number of halogens is 2. The summed E-state index contributed by atoms with van der Waals surface area (Å²) < 4.78 is 29.0. The Balaban J connectivity index is 2.01. The predicted molar refractivity (Wildman–Crippen MR) is 103 cm³/mol. The fourth-order valence-electron chi connectivity index (χ4n) is 2.64. The largest absolute Gasteiger partial charge is 0.481 e. The van der Waals surface area contributed by atoms with Gasteiger partial charge in [-0.05, 0) is 36.8 Å². The molecule has 1 aromatic heterocycles. The minimum Gasteiger partial charge on any atom is -0.481 e. The van der Waals surface area contributed by atoms with Gasteiger partial charge in [-0.1, -0.05) is 23.2 Å². The third kappa shape index (κ3) is 5.70. The quantitative estimate of drug-likeness (QED) is 0.561. The van der Waals surface area contributed by atoms with Crippen LogP contribution in [0.4, 0.5) is 0 Å². The van der Waals surface area contributed by atoms with E-state index < -0.39 is 22.1 Å². The first-order valence-corrected chi connectivity index (χ1v) is 10.3. The molecule has 27 heavy (non-hydrogen) atoms. The van der Waals surface area contributed by atoms with Gasteiger partial charge in [0.05, 0.1) is 11.1 Å². The Morgan fingerprint density at radius 1 is 1.26 bits per heavy atom. The van der Waals surface area contributed by atoms with Gasteiger partial charge in [0.1, 0.15) is 4.90 Å². The minimum absolute atomic E-state index is 0.0783. The molecular weight excluding hydrogens is 415 g/mol. The van der Waals surface area contributed by atoms with Crippen molar-refractivity contribution in [2.75, 3.05) is 6.54 Å². The van der Waals surface area contributed by atoms with E-state index in [1.807, 2.05) is 0 Å². The van der Waals surface area contributed by atoms with E-state index in [0.29, 0.717) is 12.1 Å². The van der Waals surface area contributed by atoms with Gasteiger partial charge < -0.3 is 14.8 Å². The first-order valence-electron chi connectivity index (χ1n) is 8.11. The van der Waals surface area contributed by atoms with E-state index in [4.69, 9.17) is 28.3 Å². The Labute approximate surface area is 167 Å². The van der Waals surface area contributed by atoms with Gasteiger partial charge in [0.15, 0.2) is 0 Å². The van der Waals surface area contributed by atoms with E-state index in [1.54, 1.807) is 23.7 Å². The maximum absolute atomic E-state index is 12.4.